The second-order valence-electron chi connectivity index (χ2n) is 6.24. The lowest BCUT2D eigenvalue weighted by Crippen LogP contribution is -2.35. The van der Waals surface area contributed by atoms with E-state index in [0.717, 1.165) is 28.5 Å². The van der Waals surface area contributed by atoms with Gasteiger partial charge in [-0.25, -0.2) is 9.78 Å². The van der Waals surface area contributed by atoms with E-state index in [-0.39, 0.29) is 16.8 Å². The van der Waals surface area contributed by atoms with E-state index in [4.69, 9.17) is 28.3 Å². The third-order valence-electron chi connectivity index (χ3n) is 4.39. The number of thiazole rings is 1. The van der Waals surface area contributed by atoms with Crippen LogP contribution in [0.15, 0.2) is 28.7 Å². The number of thioether (sulfide) groups is 1. The molecule has 0 spiro atoms. The molecule has 0 saturated carbocycles. The number of carbonyl (C=O) groups is 2. The van der Waals surface area contributed by atoms with Gasteiger partial charge in [0.1, 0.15) is 4.88 Å². The Morgan fingerprint density at radius 2 is 2.07 bits per heavy atom. The summed E-state index contributed by atoms with van der Waals surface area (Å²) in [6.07, 6.45) is 4.38. The summed E-state index contributed by atoms with van der Waals surface area (Å²) in [5, 5.41) is 10.1. The van der Waals surface area contributed by atoms with E-state index in [1.807, 2.05) is 17.0 Å². The standard InChI is InChI=1S/C18H18Cl2N2O3S2/c19-12-7-11(8-13(20)9-12)3-5-22-14(1-2-16(22)23)4-6-26-18-21-10-15(27-18)17(24)25/h7-10,14H,1-6H2,(H,24,25)/t14-/m1/s1. The van der Waals surface area contributed by atoms with Crippen molar-refractivity contribution in [2.45, 2.75) is 36.1 Å². The van der Waals surface area contributed by atoms with Crippen LogP contribution in [0.3, 0.4) is 0 Å². The molecule has 1 amide bonds. The maximum Gasteiger partial charge on any atom is 0.347 e. The number of likely N-dealkylation sites (tertiary alicyclic amines) is 1. The summed E-state index contributed by atoms with van der Waals surface area (Å²) in [4.78, 5) is 29.5. The molecule has 0 radical (unpaired) electrons. The Hall–Kier alpha value is -1.28. The van der Waals surface area contributed by atoms with Crippen LogP contribution < -0.4 is 0 Å². The molecule has 2 aromatic rings. The predicted octanol–water partition coefficient (Wildman–Crippen LogP) is 4.86. The van der Waals surface area contributed by atoms with Gasteiger partial charge in [-0.2, -0.15) is 0 Å². The Morgan fingerprint density at radius 3 is 2.74 bits per heavy atom. The number of benzene rings is 1. The van der Waals surface area contributed by atoms with Crippen LogP contribution in [-0.2, 0) is 11.2 Å². The van der Waals surface area contributed by atoms with E-state index >= 15 is 0 Å². The van der Waals surface area contributed by atoms with E-state index in [0.29, 0.717) is 29.4 Å². The van der Waals surface area contributed by atoms with E-state index in [1.54, 1.807) is 6.07 Å². The van der Waals surface area contributed by atoms with Gasteiger partial charge in [0.2, 0.25) is 5.91 Å². The molecular weight excluding hydrogens is 427 g/mol. The van der Waals surface area contributed by atoms with Crippen molar-refractivity contribution in [2.24, 2.45) is 0 Å². The summed E-state index contributed by atoms with van der Waals surface area (Å²) < 4.78 is 0.747. The van der Waals surface area contributed by atoms with E-state index in [1.165, 1.54) is 29.3 Å². The molecule has 1 aromatic carbocycles. The molecule has 1 saturated heterocycles. The molecule has 0 aliphatic carbocycles. The maximum absolute atomic E-state index is 12.2. The van der Waals surface area contributed by atoms with Gasteiger partial charge in [0.05, 0.1) is 6.20 Å². The average Bonchev–Trinajstić information content (AvgIpc) is 3.20. The summed E-state index contributed by atoms with van der Waals surface area (Å²) in [6, 6.07) is 5.66. The first-order valence-corrected chi connectivity index (χ1v) is 11.0. The molecule has 1 fully saturated rings. The lowest BCUT2D eigenvalue weighted by molar-refractivity contribution is -0.128. The molecule has 0 bridgehead atoms. The second kappa shape index (κ2) is 9.28. The SMILES string of the molecule is O=C(O)c1cnc(SCC[C@H]2CCC(=O)N2CCc2cc(Cl)cc(Cl)c2)s1. The smallest absolute Gasteiger partial charge is 0.347 e. The fourth-order valence-corrected chi connectivity index (χ4v) is 5.62. The van der Waals surface area contributed by atoms with Crippen LogP contribution in [0.5, 0.6) is 0 Å². The highest BCUT2D eigenvalue weighted by Crippen LogP contribution is 2.29. The largest absolute Gasteiger partial charge is 0.477 e. The van der Waals surface area contributed by atoms with Gasteiger partial charge < -0.3 is 10.0 Å². The van der Waals surface area contributed by atoms with Crippen molar-refractivity contribution in [3.05, 3.63) is 44.9 Å². The number of carboxylic acid groups (broad SMARTS) is 1. The zero-order valence-corrected chi connectivity index (χ0v) is 17.5. The third kappa shape index (κ3) is 5.60. The minimum Gasteiger partial charge on any atom is -0.477 e. The van der Waals surface area contributed by atoms with Gasteiger partial charge in [0.15, 0.2) is 4.34 Å². The van der Waals surface area contributed by atoms with Crippen molar-refractivity contribution < 1.29 is 14.7 Å². The number of rotatable bonds is 8. The Balaban J connectivity index is 1.51. The van der Waals surface area contributed by atoms with Crippen LogP contribution >= 0.6 is 46.3 Å². The van der Waals surface area contributed by atoms with Crippen LogP contribution in [0.2, 0.25) is 10.0 Å². The highest BCUT2D eigenvalue weighted by atomic mass is 35.5. The minimum absolute atomic E-state index is 0.181. The first-order chi connectivity index (χ1) is 12.9. The summed E-state index contributed by atoms with van der Waals surface area (Å²) in [7, 11) is 0. The molecule has 1 atom stereocenters. The fraction of sp³-hybridized carbons (Fsp3) is 0.389. The normalized spacial score (nSPS) is 16.9. The monoisotopic (exact) mass is 444 g/mol. The number of hydrogen-bond acceptors (Lipinski definition) is 5. The van der Waals surface area contributed by atoms with Crippen LogP contribution in [0.1, 0.15) is 34.5 Å². The fourth-order valence-electron chi connectivity index (χ4n) is 3.11. The summed E-state index contributed by atoms with van der Waals surface area (Å²) >= 11 is 14.8. The molecule has 144 valence electrons. The molecule has 1 N–H and O–H groups in total. The Morgan fingerprint density at radius 1 is 1.33 bits per heavy atom. The van der Waals surface area contributed by atoms with Gasteiger partial charge in [-0.1, -0.05) is 35.0 Å². The van der Waals surface area contributed by atoms with Crippen LogP contribution in [0.25, 0.3) is 0 Å². The van der Waals surface area contributed by atoms with Gasteiger partial charge >= 0.3 is 5.97 Å². The predicted molar refractivity (Wildman–Crippen MR) is 109 cm³/mol. The highest BCUT2D eigenvalue weighted by molar-refractivity contribution is 8.01. The Bertz CT molecular complexity index is 824. The zero-order chi connectivity index (χ0) is 19.4. The number of aromatic carboxylic acids is 1. The van der Waals surface area contributed by atoms with Gasteiger partial charge in [-0.15, -0.1) is 11.3 Å². The molecule has 3 rings (SSSR count). The number of hydrogen-bond donors (Lipinski definition) is 1. The first-order valence-electron chi connectivity index (χ1n) is 8.49. The van der Waals surface area contributed by atoms with Crippen molar-refractivity contribution in [1.29, 1.82) is 0 Å². The lowest BCUT2D eigenvalue weighted by atomic mass is 10.1. The van der Waals surface area contributed by atoms with Crippen molar-refractivity contribution in [3.63, 3.8) is 0 Å². The van der Waals surface area contributed by atoms with Crippen molar-refractivity contribution >= 4 is 58.2 Å². The van der Waals surface area contributed by atoms with Crippen molar-refractivity contribution in [3.8, 4) is 0 Å². The molecule has 27 heavy (non-hydrogen) atoms. The first kappa shape index (κ1) is 20.5. The number of carboxylic acids is 1. The van der Waals surface area contributed by atoms with Crippen molar-refractivity contribution in [1.82, 2.24) is 9.88 Å². The maximum atomic E-state index is 12.2. The number of aromatic nitrogens is 1. The Kier molecular flexibility index (Phi) is 7.03. The Labute approximate surface area is 175 Å². The van der Waals surface area contributed by atoms with Crippen LogP contribution in [-0.4, -0.2) is 45.2 Å². The molecule has 9 heteroatoms. The molecule has 1 aliphatic heterocycles. The minimum atomic E-state index is -0.951. The summed E-state index contributed by atoms with van der Waals surface area (Å²) in [5.74, 6) is 0.0258. The zero-order valence-electron chi connectivity index (χ0n) is 14.4. The van der Waals surface area contributed by atoms with Crippen molar-refractivity contribution in [2.75, 3.05) is 12.3 Å². The van der Waals surface area contributed by atoms with Gasteiger partial charge in [-0.3, -0.25) is 4.79 Å². The lowest BCUT2D eigenvalue weighted by Gasteiger charge is -2.24. The summed E-state index contributed by atoms with van der Waals surface area (Å²) in [6.45, 7) is 0.644. The highest BCUT2D eigenvalue weighted by Gasteiger charge is 2.30. The topological polar surface area (TPSA) is 70.5 Å². The van der Waals surface area contributed by atoms with Crippen LogP contribution in [0, 0.1) is 0 Å². The van der Waals surface area contributed by atoms with Gasteiger partial charge in [-0.05, 0) is 43.0 Å². The van der Waals surface area contributed by atoms with Gasteiger partial charge in [0, 0.05) is 34.8 Å². The molecule has 5 nitrogen and oxygen atoms in total. The average molecular weight is 445 g/mol. The molecule has 1 aromatic heterocycles. The molecule has 0 unspecified atom stereocenters. The number of carbonyl (C=O) groups excluding carboxylic acids is 1. The number of nitrogens with zero attached hydrogens (tertiary/aromatic N) is 2. The van der Waals surface area contributed by atoms with Gasteiger partial charge in [0.25, 0.3) is 0 Å². The van der Waals surface area contributed by atoms with E-state index in [9.17, 15) is 9.59 Å². The van der Waals surface area contributed by atoms with Crippen LogP contribution in [0.4, 0.5) is 0 Å². The second-order valence-corrected chi connectivity index (χ2v) is 9.49. The number of amides is 1. The van der Waals surface area contributed by atoms with E-state index in [2.05, 4.69) is 4.98 Å². The third-order valence-corrected chi connectivity index (χ3v) is 7.00. The number of halogens is 2. The molecule has 2 heterocycles. The molecular formula is C18H18Cl2N2O3S2. The quantitative estimate of drug-likeness (QED) is 0.588. The molecule has 1 aliphatic rings. The van der Waals surface area contributed by atoms with E-state index < -0.39 is 5.97 Å². The summed E-state index contributed by atoms with van der Waals surface area (Å²) in [5.41, 5.74) is 1.02.